The highest BCUT2D eigenvalue weighted by molar-refractivity contribution is 5.85. The molecule has 0 saturated carbocycles. The number of nitrogens with zero attached hydrogens (tertiary/aromatic N) is 2. The summed E-state index contributed by atoms with van der Waals surface area (Å²) in [7, 11) is 0. The van der Waals surface area contributed by atoms with Crippen molar-refractivity contribution < 1.29 is 9.53 Å². The van der Waals surface area contributed by atoms with Gasteiger partial charge in [-0.3, -0.25) is 15.3 Å². The standard InChI is InChI=1S/C16H20N4O2/c1-16(2,3)22-15(21)20-13-6-4-12(5-7-13)19-11-14-10-17-8-9-18-14/h4-10,19H,11H2,1-3H3,(H,20,21). The molecule has 0 fully saturated rings. The van der Waals surface area contributed by atoms with Gasteiger partial charge in [0.25, 0.3) is 0 Å². The Morgan fingerprint density at radius 1 is 1.14 bits per heavy atom. The van der Waals surface area contributed by atoms with Crippen LogP contribution in [0.3, 0.4) is 0 Å². The molecule has 1 aromatic carbocycles. The third kappa shape index (κ3) is 5.40. The lowest BCUT2D eigenvalue weighted by Gasteiger charge is -2.19. The average molecular weight is 300 g/mol. The number of anilines is 2. The number of carbonyl (C=O) groups is 1. The van der Waals surface area contributed by atoms with Crippen LogP contribution in [0.15, 0.2) is 42.9 Å². The Kier molecular flexibility index (Phi) is 4.93. The second-order valence-corrected chi connectivity index (χ2v) is 5.75. The number of aromatic nitrogens is 2. The van der Waals surface area contributed by atoms with Gasteiger partial charge in [-0.25, -0.2) is 4.79 Å². The molecule has 0 spiro atoms. The molecule has 0 unspecified atom stereocenters. The molecule has 0 radical (unpaired) electrons. The maximum absolute atomic E-state index is 11.7. The van der Waals surface area contributed by atoms with Crippen molar-refractivity contribution in [3.8, 4) is 0 Å². The molecule has 2 N–H and O–H groups in total. The number of rotatable bonds is 4. The number of hydrogen-bond acceptors (Lipinski definition) is 5. The first-order valence-electron chi connectivity index (χ1n) is 7.01. The first-order chi connectivity index (χ1) is 10.4. The summed E-state index contributed by atoms with van der Waals surface area (Å²) in [6.45, 7) is 6.07. The molecule has 116 valence electrons. The molecule has 1 amide bonds. The largest absolute Gasteiger partial charge is 0.444 e. The summed E-state index contributed by atoms with van der Waals surface area (Å²) in [5.74, 6) is 0. The smallest absolute Gasteiger partial charge is 0.412 e. The Balaban J connectivity index is 1.86. The van der Waals surface area contributed by atoms with E-state index in [1.54, 1.807) is 18.6 Å². The zero-order valence-corrected chi connectivity index (χ0v) is 13.0. The highest BCUT2D eigenvalue weighted by atomic mass is 16.6. The normalized spacial score (nSPS) is 10.9. The van der Waals surface area contributed by atoms with Crippen molar-refractivity contribution in [2.75, 3.05) is 10.6 Å². The van der Waals surface area contributed by atoms with Gasteiger partial charge >= 0.3 is 6.09 Å². The predicted molar refractivity (Wildman–Crippen MR) is 85.7 cm³/mol. The van der Waals surface area contributed by atoms with Gasteiger partial charge in [0.05, 0.1) is 18.4 Å². The summed E-state index contributed by atoms with van der Waals surface area (Å²) >= 11 is 0. The molecule has 6 heteroatoms. The van der Waals surface area contributed by atoms with Crippen molar-refractivity contribution in [3.05, 3.63) is 48.5 Å². The fraction of sp³-hybridized carbons (Fsp3) is 0.312. The van der Waals surface area contributed by atoms with Crippen molar-refractivity contribution in [3.63, 3.8) is 0 Å². The average Bonchev–Trinajstić information content (AvgIpc) is 2.45. The molecule has 0 aliphatic heterocycles. The van der Waals surface area contributed by atoms with E-state index in [0.717, 1.165) is 11.4 Å². The maximum atomic E-state index is 11.7. The maximum Gasteiger partial charge on any atom is 0.412 e. The van der Waals surface area contributed by atoms with Crippen LogP contribution in [-0.4, -0.2) is 21.7 Å². The zero-order chi connectivity index (χ0) is 16.0. The molecule has 1 aromatic heterocycles. The van der Waals surface area contributed by atoms with Gasteiger partial charge < -0.3 is 10.1 Å². The van der Waals surface area contributed by atoms with E-state index < -0.39 is 11.7 Å². The lowest BCUT2D eigenvalue weighted by molar-refractivity contribution is 0.0636. The minimum Gasteiger partial charge on any atom is -0.444 e. The monoisotopic (exact) mass is 300 g/mol. The number of hydrogen-bond donors (Lipinski definition) is 2. The van der Waals surface area contributed by atoms with E-state index in [2.05, 4.69) is 20.6 Å². The molecule has 0 bridgehead atoms. The molecule has 0 aliphatic carbocycles. The second-order valence-electron chi connectivity index (χ2n) is 5.75. The Labute approximate surface area is 129 Å². The summed E-state index contributed by atoms with van der Waals surface area (Å²) in [4.78, 5) is 19.9. The fourth-order valence-electron chi connectivity index (χ4n) is 1.71. The first kappa shape index (κ1) is 15.8. The zero-order valence-electron chi connectivity index (χ0n) is 13.0. The van der Waals surface area contributed by atoms with E-state index in [1.165, 1.54) is 0 Å². The van der Waals surface area contributed by atoms with Crippen LogP contribution in [0.5, 0.6) is 0 Å². The third-order valence-corrected chi connectivity index (χ3v) is 2.62. The number of amides is 1. The molecular formula is C16H20N4O2. The second kappa shape index (κ2) is 6.89. The molecule has 1 heterocycles. The van der Waals surface area contributed by atoms with Crippen molar-refractivity contribution in [2.24, 2.45) is 0 Å². The molecule has 22 heavy (non-hydrogen) atoms. The van der Waals surface area contributed by atoms with Gasteiger partial charge in [0, 0.05) is 23.8 Å². The number of ether oxygens (including phenoxy) is 1. The molecule has 6 nitrogen and oxygen atoms in total. The van der Waals surface area contributed by atoms with Crippen LogP contribution in [0.25, 0.3) is 0 Å². The number of carbonyl (C=O) groups excluding carboxylic acids is 1. The summed E-state index contributed by atoms with van der Waals surface area (Å²) < 4.78 is 5.20. The molecule has 0 atom stereocenters. The van der Waals surface area contributed by atoms with Crippen molar-refractivity contribution in [1.29, 1.82) is 0 Å². The molecular weight excluding hydrogens is 280 g/mol. The van der Waals surface area contributed by atoms with Crippen LogP contribution in [0, 0.1) is 0 Å². The molecule has 2 rings (SSSR count). The van der Waals surface area contributed by atoms with E-state index in [0.29, 0.717) is 12.2 Å². The van der Waals surface area contributed by atoms with Crippen molar-refractivity contribution in [1.82, 2.24) is 9.97 Å². The van der Waals surface area contributed by atoms with E-state index in [9.17, 15) is 4.79 Å². The Bertz CT molecular complexity index is 606. The third-order valence-electron chi connectivity index (χ3n) is 2.62. The first-order valence-corrected chi connectivity index (χ1v) is 7.01. The summed E-state index contributed by atoms with van der Waals surface area (Å²) in [6.07, 6.45) is 4.55. The van der Waals surface area contributed by atoms with Gasteiger partial charge in [0.2, 0.25) is 0 Å². The van der Waals surface area contributed by atoms with Gasteiger partial charge in [0.15, 0.2) is 0 Å². The summed E-state index contributed by atoms with van der Waals surface area (Å²) in [5, 5.41) is 5.92. The van der Waals surface area contributed by atoms with Gasteiger partial charge in [0.1, 0.15) is 5.60 Å². The minimum absolute atomic E-state index is 0.465. The van der Waals surface area contributed by atoms with Crippen LogP contribution in [0.2, 0.25) is 0 Å². The quantitative estimate of drug-likeness (QED) is 0.904. The Morgan fingerprint density at radius 3 is 2.41 bits per heavy atom. The highest BCUT2D eigenvalue weighted by Crippen LogP contribution is 2.15. The summed E-state index contributed by atoms with van der Waals surface area (Å²) in [5.41, 5.74) is 1.96. The van der Waals surface area contributed by atoms with Crippen LogP contribution in [-0.2, 0) is 11.3 Å². The van der Waals surface area contributed by atoms with Gasteiger partial charge in [-0.1, -0.05) is 0 Å². The van der Waals surface area contributed by atoms with Crippen LogP contribution in [0.4, 0.5) is 16.2 Å². The summed E-state index contributed by atoms with van der Waals surface area (Å²) in [6, 6.07) is 7.37. The number of benzene rings is 1. The van der Waals surface area contributed by atoms with E-state index >= 15 is 0 Å². The lowest BCUT2D eigenvalue weighted by Crippen LogP contribution is -2.27. The Morgan fingerprint density at radius 2 is 1.82 bits per heavy atom. The highest BCUT2D eigenvalue weighted by Gasteiger charge is 2.15. The van der Waals surface area contributed by atoms with Crippen LogP contribution < -0.4 is 10.6 Å². The molecule has 0 saturated heterocycles. The van der Waals surface area contributed by atoms with Crippen LogP contribution >= 0.6 is 0 Å². The van der Waals surface area contributed by atoms with E-state index in [4.69, 9.17) is 4.74 Å². The van der Waals surface area contributed by atoms with E-state index in [-0.39, 0.29) is 0 Å². The lowest BCUT2D eigenvalue weighted by atomic mass is 10.2. The minimum atomic E-state index is -0.512. The molecule has 2 aromatic rings. The van der Waals surface area contributed by atoms with Gasteiger partial charge in [-0.05, 0) is 45.0 Å². The van der Waals surface area contributed by atoms with E-state index in [1.807, 2.05) is 45.0 Å². The van der Waals surface area contributed by atoms with Crippen molar-refractivity contribution >= 4 is 17.5 Å². The van der Waals surface area contributed by atoms with Gasteiger partial charge in [-0.2, -0.15) is 0 Å². The fourth-order valence-corrected chi connectivity index (χ4v) is 1.71. The predicted octanol–water partition coefficient (Wildman–Crippen LogP) is 3.44. The molecule has 0 aliphatic rings. The van der Waals surface area contributed by atoms with Crippen molar-refractivity contribution in [2.45, 2.75) is 32.9 Å². The number of nitrogens with one attached hydrogen (secondary N) is 2. The van der Waals surface area contributed by atoms with Gasteiger partial charge in [-0.15, -0.1) is 0 Å². The SMILES string of the molecule is CC(C)(C)OC(=O)Nc1ccc(NCc2cnccn2)cc1. The topological polar surface area (TPSA) is 76.1 Å². The Hall–Kier alpha value is -2.63. The van der Waals surface area contributed by atoms with Crippen LogP contribution in [0.1, 0.15) is 26.5 Å².